The van der Waals surface area contributed by atoms with Crippen molar-refractivity contribution in [2.75, 3.05) is 5.32 Å². The molecule has 142 valence electrons. The zero-order chi connectivity index (χ0) is 19.7. The van der Waals surface area contributed by atoms with Crippen LogP contribution >= 0.6 is 11.6 Å². The molecule has 1 amide bonds. The third-order valence-corrected chi connectivity index (χ3v) is 5.40. The maximum atomic E-state index is 12.6. The van der Waals surface area contributed by atoms with Gasteiger partial charge in [0.05, 0.1) is 5.02 Å². The number of anilines is 1. The van der Waals surface area contributed by atoms with Crippen LogP contribution in [-0.4, -0.2) is 36.1 Å². The van der Waals surface area contributed by atoms with Crippen molar-refractivity contribution in [1.29, 1.82) is 0 Å². The lowest BCUT2D eigenvalue weighted by Crippen LogP contribution is -2.42. The number of rotatable bonds is 5. The number of hydrogen-bond donors (Lipinski definition) is 2. The molecule has 7 nitrogen and oxygen atoms in total. The normalized spacial score (nSPS) is 13.5. The molecule has 1 unspecified atom stereocenters. The van der Waals surface area contributed by atoms with Crippen LogP contribution in [0.15, 0.2) is 35.6 Å². The summed E-state index contributed by atoms with van der Waals surface area (Å²) >= 11 is 5.98. The van der Waals surface area contributed by atoms with Gasteiger partial charge in [0.2, 0.25) is 10.0 Å². The Hall–Kier alpha value is -2.11. The van der Waals surface area contributed by atoms with E-state index in [1.807, 2.05) is 0 Å². The Bertz CT molecular complexity index is 914. The molecule has 0 aliphatic rings. The summed E-state index contributed by atoms with van der Waals surface area (Å²) in [5.74, 6) is -0.728. The van der Waals surface area contributed by atoms with Crippen LogP contribution < -0.4 is 10.0 Å². The van der Waals surface area contributed by atoms with Gasteiger partial charge in [-0.1, -0.05) is 11.6 Å². The summed E-state index contributed by atoms with van der Waals surface area (Å²) < 4.78 is 64.9. The number of nitrogens with one attached hydrogen (secondary N) is 2. The Labute approximate surface area is 152 Å². The monoisotopic (exact) mass is 410 g/mol. The van der Waals surface area contributed by atoms with E-state index in [0.29, 0.717) is 12.6 Å². The molecular formula is C14H14ClF3N4O3S. The number of carbonyl (C=O) groups excluding carboxylic acids is 1. The number of alkyl halides is 3. The van der Waals surface area contributed by atoms with Crippen molar-refractivity contribution in [1.82, 2.24) is 14.3 Å². The van der Waals surface area contributed by atoms with Crippen LogP contribution in [0.4, 0.5) is 18.9 Å². The zero-order valence-corrected chi connectivity index (χ0v) is 15.1. The number of aromatic nitrogens is 2. The summed E-state index contributed by atoms with van der Waals surface area (Å²) in [4.78, 5) is 15.5. The van der Waals surface area contributed by atoms with Crippen LogP contribution in [0.2, 0.25) is 5.02 Å². The summed E-state index contributed by atoms with van der Waals surface area (Å²) in [5.41, 5.74) is 0.166. The zero-order valence-electron chi connectivity index (χ0n) is 13.5. The number of amides is 1. The molecule has 0 fully saturated rings. The van der Waals surface area contributed by atoms with Crippen LogP contribution in [0.5, 0.6) is 0 Å². The van der Waals surface area contributed by atoms with E-state index in [4.69, 9.17) is 11.6 Å². The first-order valence-electron chi connectivity index (χ1n) is 7.08. The summed E-state index contributed by atoms with van der Waals surface area (Å²) in [6, 6.07) is 0.677. The molecule has 0 aliphatic carbocycles. The lowest BCUT2D eigenvalue weighted by atomic mass is 10.3. The van der Waals surface area contributed by atoms with Crippen molar-refractivity contribution >= 4 is 33.2 Å². The molecule has 2 aromatic rings. The molecular weight excluding hydrogens is 397 g/mol. The lowest BCUT2D eigenvalue weighted by molar-refractivity contribution is -0.147. The van der Waals surface area contributed by atoms with Gasteiger partial charge in [0.25, 0.3) is 5.91 Å². The number of carbonyl (C=O) groups is 1. The van der Waals surface area contributed by atoms with Crippen molar-refractivity contribution in [3.63, 3.8) is 0 Å². The van der Waals surface area contributed by atoms with Gasteiger partial charge in [-0.05, 0) is 19.1 Å². The van der Waals surface area contributed by atoms with Gasteiger partial charge in [0.1, 0.15) is 16.6 Å². The first kappa shape index (κ1) is 20.2. The highest BCUT2D eigenvalue weighted by molar-refractivity contribution is 7.89. The molecule has 2 aromatic heterocycles. The summed E-state index contributed by atoms with van der Waals surface area (Å²) in [5, 5.41) is 2.00. The maximum absolute atomic E-state index is 12.6. The second kappa shape index (κ2) is 7.25. The fraction of sp³-hybridized carbons (Fsp3) is 0.286. The Kier molecular flexibility index (Phi) is 5.64. The third kappa shape index (κ3) is 4.34. The van der Waals surface area contributed by atoms with Gasteiger partial charge in [-0.25, -0.2) is 8.42 Å². The van der Waals surface area contributed by atoms with Crippen LogP contribution in [0.1, 0.15) is 17.4 Å². The molecule has 2 heterocycles. The van der Waals surface area contributed by atoms with E-state index in [2.05, 4.69) is 10.3 Å². The largest absolute Gasteiger partial charge is 0.404 e. The molecule has 0 radical (unpaired) electrons. The Morgan fingerprint density at radius 3 is 2.42 bits per heavy atom. The number of sulfonamides is 1. The summed E-state index contributed by atoms with van der Waals surface area (Å²) in [6.45, 7) is 0.658. The fourth-order valence-electron chi connectivity index (χ4n) is 2.00. The molecule has 0 saturated carbocycles. The first-order valence-corrected chi connectivity index (χ1v) is 8.95. The van der Waals surface area contributed by atoms with Crippen molar-refractivity contribution < 1.29 is 26.4 Å². The van der Waals surface area contributed by atoms with Crippen molar-refractivity contribution in [2.24, 2.45) is 7.05 Å². The quantitative estimate of drug-likeness (QED) is 0.792. The Balaban J connectivity index is 2.33. The first-order chi connectivity index (χ1) is 11.9. The van der Waals surface area contributed by atoms with Crippen LogP contribution in [0.3, 0.4) is 0 Å². The average Bonchev–Trinajstić information content (AvgIpc) is 2.82. The highest BCUT2D eigenvalue weighted by Gasteiger charge is 2.40. The molecule has 26 heavy (non-hydrogen) atoms. The number of aryl methyl sites for hydroxylation is 1. The average molecular weight is 411 g/mol. The molecule has 0 spiro atoms. The number of halogens is 4. The fourth-order valence-corrected chi connectivity index (χ4v) is 3.93. The topological polar surface area (TPSA) is 93.1 Å². The minimum Gasteiger partial charge on any atom is -0.344 e. The molecule has 2 N–H and O–H groups in total. The van der Waals surface area contributed by atoms with Crippen LogP contribution in [0.25, 0.3) is 0 Å². The minimum absolute atomic E-state index is 0.219. The smallest absolute Gasteiger partial charge is 0.344 e. The van der Waals surface area contributed by atoms with Crippen molar-refractivity contribution in [3.8, 4) is 0 Å². The van der Waals surface area contributed by atoms with Gasteiger partial charge in [0.15, 0.2) is 0 Å². The predicted octanol–water partition coefficient (Wildman–Crippen LogP) is 2.55. The highest BCUT2D eigenvalue weighted by Crippen LogP contribution is 2.29. The summed E-state index contributed by atoms with van der Waals surface area (Å²) in [7, 11) is -3.25. The van der Waals surface area contributed by atoms with Crippen LogP contribution in [0, 0.1) is 0 Å². The van der Waals surface area contributed by atoms with Gasteiger partial charge in [-0.15, -0.1) is 0 Å². The van der Waals surface area contributed by atoms with E-state index >= 15 is 0 Å². The number of nitrogens with zero attached hydrogens (tertiary/aromatic N) is 2. The van der Waals surface area contributed by atoms with E-state index in [0.717, 1.165) is 10.8 Å². The standard InChI is InChI=1S/C14H14ClF3N4O3S/c1-8(14(16,17)18)21-26(24,25)10-7-22(2)12(11(10)15)13(23)20-9-3-5-19-6-4-9/h3-8,21H,1-2H3,(H,19,20,23). The van der Waals surface area contributed by atoms with Gasteiger partial charge in [-0.2, -0.15) is 17.9 Å². The van der Waals surface area contributed by atoms with E-state index in [1.165, 1.54) is 36.3 Å². The molecule has 0 bridgehead atoms. The number of hydrogen-bond acceptors (Lipinski definition) is 4. The van der Waals surface area contributed by atoms with Gasteiger partial charge < -0.3 is 9.88 Å². The van der Waals surface area contributed by atoms with Gasteiger partial charge >= 0.3 is 6.18 Å². The van der Waals surface area contributed by atoms with E-state index in [9.17, 15) is 26.4 Å². The molecule has 12 heteroatoms. The van der Waals surface area contributed by atoms with E-state index in [-0.39, 0.29) is 5.69 Å². The molecule has 0 aliphatic heterocycles. The van der Waals surface area contributed by atoms with E-state index in [1.54, 1.807) is 0 Å². The minimum atomic E-state index is -4.77. The second-order valence-corrected chi connectivity index (χ2v) is 7.40. The maximum Gasteiger partial charge on any atom is 0.404 e. The predicted molar refractivity (Wildman–Crippen MR) is 88.5 cm³/mol. The molecule has 2 rings (SSSR count). The van der Waals surface area contributed by atoms with Gasteiger partial charge in [0, 0.05) is 31.3 Å². The lowest BCUT2D eigenvalue weighted by Gasteiger charge is -2.16. The van der Waals surface area contributed by atoms with Crippen molar-refractivity contribution in [2.45, 2.75) is 24.0 Å². The van der Waals surface area contributed by atoms with Crippen molar-refractivity contribution in [3.05, 3.63) is 41.4 Å². The van der Waals surface area contributed by atoms with Crippen LogP contribution in [-0.2, 0) is 17.1 Å². The molecule has 0 aromatic carbocycles. The third-order valence-electron chi connectivity index (χ3n) is 3.35. The Morgan fingerprint density at radius 2 is 1.88 bits per heavy atom. The van der Waals surface area contributed by atoms with Gasteiger partial charge in [-0.3, -0.25) is 9.78 Å². The summed E-state index contributed by atoms with van der Waals surface area (Å²) in [6.07, 6.45) is -0.938. The molecule has 0 saturated heterocycles. The molecule has 1 atom stereocenters. The van der Waals surface area contributed by atoms with E-state index < -0.39 is 38.1 Å². The highest BCUT2D eigenvalue weighted by atomic mass is 35.5. The Morgan fingerprint density at radius 1 is 1.31 bits per heavy atom. The SMILES string of the molecule is CC(NS(=O)(=O)c1cn(C)c(C(=O)Nc2ccncc2)c1Cl)C(F)(F)F. The number of pyridine rings is 1. The second-order valence-electron chi connectivity index (χ2n) is 5.34.